The van der Waals surface area contributed by atoms with E-state index in [0.29, 0.717) is 5.41 Å². The van der Waals surface area contributed by atoms with Gasteiger partial charge in [-0.25, -0.2) is 0 Å². The van der Waals surface area contributed by atoms with Gasteiger partial charge in [-0.3, -0.25) is 4.90 Å². The van der Waals surface area contributed by atoms with E-state index >= 15 is 0 Å². The first-order valence-electron chi connectivity index (χ1n) is 4.92. The molecule has 2 N–H and O–H groups in total. The van der Waals surface area contributed by atoms with Crippen LogP contribution in [0, 0.1) is 5.41 Å². The van der Waals surface area contributed by atoms with Crippen molar-refractivity contribution in [1.82, 2.24) is 4.90 Å². The quantitative estimate of drug-likeness (QED) is 0.633. The molecule has 12 heavy (non-hydrogen) atoms. The topological polar surface area (TPSA) is 29.3 Å². The highest BCUT2D eigenvalue weighted by molar-refractivity contribution is 4.99. The third-order valence-corrected chi connectivity index (χ3v) is 3.30. The zero-order valence-electron chi connectivity index (χ0n) is 7.63. The molecule has 2 heteroatoms. The molecule has 0 atom stereocenters. The summed E-state index contributed by atoms with van der Waals surface area (Å²) in [6, 6.07) is 0. The van der Waals surface area contributed by atoms with Crippen molar-refractivity contribution in [2.45, 2.75) is 19.3 Å². The van der Waals surface area contributed by atoms with E-state index < -0.39 is 0 Å². The van der Waals surface area contributed by atoms with Gasteiger partial charge in [-0.2, -0.15) is 0 Å². The molecule has 1 aliphatic carbocycles. The van der Waals surface area contributed by atoms with Crippen molar-refractivity contribution in [1.29, 1.82) is 0 Å². The van der Waals surface area contributed by atoms with Gasteiger partial charge in [-0.15, -0.1) is 0 Å². The second-order valence-corrected chi connectivity index (χ2v) is 4.22. The Kier molecular flexibility index (Phi) is 2.20. The Labute approximate surface area is 74.4 Å². The Morgan fingerprint density at radius 1 is 1.25 bits per heavy atom. The van der Waals surface area contributed by atoms with Gasteiger partial charge >= 0.3 is 0 Å². The Morgan fingerprint density at radius 3 is 2.33 bits per heavy atom. The van der Waals surface area contributed by atoms with Crippen molar-refractivity contribution in [2.75, 3.05) is 26.2 Å². The predicted octanol–water partition coefficient (Wildman–Crippen LogP) is 0.987. The molecular weight excluding hydrogens is 148 g/mol. The average molecular weight is 166 g/mol. The van der Waals surface area contributed by atoms with E-state index in [1.54, 1.807) is 0 Å². The lowest BCUT2D eigenvalue weighted by molar-refractivity contribution is 0.0894. The van der Waals surface area contributed by atoms with Gasteiger partial charge in [0.25, 0.3) is 0 Å². The highest BCUT2D eigenvalue weighted by Crippen LogP contribution is 2.40. The molecule has 0 bridgehead atoms. The van der Waals surface area contributed by atoms with Gasteiger partial charge in [0.15, 0.2) is 0 Å². The fourth-order valence-corrected chi connectivity index (χ4v) is 2.23. The van der Waals surface area contributed by atoms with Gasteiger partial charge in [-0.05, 0) is 24.8 Å². The van der Waals surface area contributed by atoms with Gasteiger partial charge in [0.1, 0.15) is 0 Å². The van der Waals surface area contributed by atoms with E-state index in [0.717, 1.165) is 19.6 Å². The summed E-state index contributed by atoms with van der Waals surface area (Å²) in [5.74, 6) is 0. The van der Waals surface area contributed by atoms with Gasteiger partial charge in [-0.1, -0.05) is 18.6 Å². The summed E-state index contributed by atoms with van der Waals surface area (Å²) in [7, 11) is 0. The third kappa shape index (κ3) is 1.41. The molecule has 0 amide bonds. The molecule has 1 aliphatic heterocycles. The molecule has 2 nitrogen and oxygen atoms in total. The van der Waals surface area contributed by atoms with Crippen LogP contribution in [-0.4, -0.2) is 31.1 Å². The van der Waals surface area contributed by atoms with Crippen LogP contribution < -0.4 is 5.73 Å². The predicted molar refractivity (Wildman–Crippen MR) is 50.9 cm³/mol. The number of nitrogens with two attached hydrogens (primary N) is 1. The second-order valence-electron chi connectivity index (χ2n) is 4.22. The van der Waals surface area contributed by atoms with E-state index in [4.69, 9.17) is 5.73 Å². The Balaban J connectivity index is 1.84. The summed E-state index contributed by atoms with van der Waals surface area (Å²) in [6.07, 6.45) is 8.59. The highest BCUT2D eigenvalue weighted by Gasteiger charge is 2.36. The first kappa shape index (κ1) is 8.27. The maximum absolute atomic E-state index is 5.80. The fraction of sp³-hybridized carbons (Fsp3) is 0.800. The Morgan fingerprint density at radius 2 is 1.92 bits per heavy atom. The number of nitrogens with zero attached hydrogens (tertiary/aromatic N) is 1. The molecule has 0 radical (unpaired) electrons. The second kappa shape index (κ2) is 3.19. The summed E-state index contributed by atoms with van der Waals surface area (Å²) in [5, 5.41) is 0. The molecule has 1 heterocycles. The maximum atomic E-state index is 5.80. The lowest BCUT2D eigenvalue weighted by Gasteiger charge is -2.43. The molecule has 0 saturated heterocycles. The lowest BCUT2D eigenvalue weighted by atomic mass is 9.68. The van der Waals surface area contributed by atoms with Crippen LogP contribution in [0.3, 0.4) is 0 Å². The van der Waals surface area contributed by atoms with Gasteiger partial charge < -0.3 is 5.73 Å². The van der Waals surface area contributed by atoms with E-state index in [1.165, 1.54) is 25.8 Å². The standard InChI is InChI=1S/C10H18N2/c11-8-10(4-3-5-10)9-12-6-1-2-7-12/h1-2H,3-9,11H2. The molecule has 68 valence electrons. The first-order chi connectivity index (χ1) is 5.85. The van der Waals surface area contributed by atoms with Crippen LogP contribution in [0.2, 0.25) is 0 Å². The van der Waals surface area contributed by atoms with Crippen LogP contribution in [0.1, 0.15) is 19.3 Å². The fourth-order valence-electron chi connectivity index (χ4n) is 2.23. The maximum Gasteiger partial charge on any atom is 0.0167 e. The normalized spacial score (nSPS) is 27.4. The molecule has 0 unspecified atom stereocenters. The SMILES string of the molecule is NCC1(CN2CC=CC2)CCC1. The summed E-state index contributed by atoms with van der Waals surface area (Å²) in [4.78, 5) is 2.49. The molecule has 1 fully saturated rings. The molecule has 0 spiro atoms. The molecule has 1 saturated carbocycles. The van der Waals surface area contributed by atoms with E-state index in [9.17, 15) is 0 Å². The number of hydrogen-bond acceptors (Lipinski definition) is 2. The number of rotatable bonds is 3. The van der Waals surface area contributed by atoms with Crippen molar-refractivity contribution in [3.05, 3.63) is 12.2 Å². The van der Waals surface area contributed by atoms with Gasteiger partial charge in [0, 0.05) is 19.6 Å². The minimum absolute atomic E-state index is 0.492. The van der Waals surface area contributed by atoms with Crippen LogP contribution in [-0.2, 0) is 0 Å². The molecule has 0 aromatic carbocycles. The van der Waals surface area contributed by atoms with Crippen molar-refractivity contribution in [2.24, 2.45) is 11.1 Å². The minimum atomic E-state index is 0.492. The molecule has 0 aromatic heterocycles. The van der Waals surface area contributed by atoms with E-state index in [-0.39, 0.29) is 0 Å². The summed E-state index contributed by atoms with van der Waals surface area (Å²) in [6.45, 7) is 4.38. The lowest BCUT2D eigenvalue weighted by Crippen LogP contribution is -2.46. The van der Waals surface area contributed by atoms with Crippen LogP contribution in [0.25, 0.3) is 0 Å². The summed E-state index contributed by atoms with van der Waals surface area (Å²) < 4.78 is 0. The summed E-state index contributed by atoms with van der Waals surface area (Å²) in [5.41, 5.74) is 6.29. The molecular formula is C10H18N2. The van der Waals surface area contributed by atoms with Crippen LogP contribution in [0.5, 0.6) is 0 Å². The Bertz CT molecular complexity index is 169. The van der Waals surface area contributed by atoms with Crippen molar-refractivity contribution in [3.63, 3.8) is 0 Å². The van der Waals surface area contributed by atoms with Gasteiger partial charge in [0.05, 0.1) is 0 Å². The average Bonchev–Trinajstić information content (AvgIpc) is 2.49. The zero-order chi connectivity index (χ0) is 8.44. The van der Waals surface area contributed by atoms with Crippen molar-refractivity contribution in [3.8, 4) is 0 Å². The first-order valence-corrected chi connectivity index (χ1v) is 4.92. The molecule has 2 rings (SSSR count). The van der Waals surface area contributed by atoms with E-state index in [2.05, 4.69) is 17.1 Å². The van der Waals surface area contributed by atoms with Crippen LogP contribution in [0.4, 0.5) is 0 Å². The zero-order valence-corrected chi connectivity index (χ0v) is 7.63. The van der Waals surface area contributed by atoms with Gasteiger partial charge in [0.2, 0.25) is 0 Å². The summed E-state index contributed by atoms with van der Waals surface area (Å²) >= 11 is 0. The minimum Gasteiger partial charge on any atom is -0.330 e. The Hall–Kier alpha value is -0.340. The van der Waals surface area contributed by atoms with Crippen molar-refractivity contribution < 1.29 is 0 Å². The van der Waals surface area contributed by atoms with Crippen LogP contribution in [0.15, 0.2) is 12.2 Å². The van der Waals surface area contributed by atoms with E-state index in [1.807, 2.05) is 0 Å². The number of hydrogen-bond donors (Lipinski definition) is 1. The van der Waals surface area contributed by atoms with Crippen LogP contribution >= 0.6 is 0 Å². The smallest absolute Gasteiger partial charge is 0.0167 e. The highest BCUT2D eigenvalue weighted by atomic mass is 15.1. The third-order valence-electron chi connectivity index (χ3n) is 3.30. The van der Waals surface area contributed by atoms with Crippen molar-refractivity contribution >= 4 is 0 Å². The molecule has 0 aromatic rings. The molecule has 2 aliphatic rings. The monoisotopic (exact) mass is 166 g/mol. The largest absolute Gasteiger partial charge is 0.330 e.